The summed E-state index contributed by atoms with van der Waals surface area (Å²) in [7, 11) is 0. The van der Waals surface area contributed by atoms with Gasteiger partial charge in [-0.25, -0.2) is 4.98 Å². The third-order valence-corrected chi connectivity index (χ3v) is 2.64. The van der Waals surface area contributed by atoms with Crippen molar-refractivity contribution >= 4 is 29.3 Å². The van der Waals surface area contributed by atoms with E-state index in [1.54, 1.807) is 12.1 Å². The van der Waals surface area contributed by atoms with Gasteiger partial charge in [-0.05, 0) is 23.1 Å². The largest absolute Gasteiger partial charge is 1.00 e. The normalized spacial score (nSPS) is 9.40. The molecule has 0 aliphatic heterocycles. The van der Waals surface area contributed by atoms with Gasteiger partial charge in [0.1, 0.15) is 5.01 Å². The maximum Gasteiger partial charge on any atom is 1.00 e. The smallest absolute Gasteiger partial charge is 0.862 e. The van der Waals surface area contributed by atoms with Crippen LogP contribution in [0.5, 0.6) is 0 Å². The zero-order valence-corrected chi connectivity index (χ0v) is 12.6. The maximum absolute atomic E-state index is 8.80. The number of aromatic nitrogens is 2. The number of rotatable bonds is 2. The third-order valence-electron chi connectivity index (χ3n) is 1.61. The number of nitrogens with zero attached hydrogens (tertiary/aromatic N) is 3. The molecule has 1 aromatic heterocycles. The molecule has 2 rings (SSSR count). The van der Waals surface area contributed by atoms with Gasteiger partial charge < -0.3 is 5.41 Å². The summed E-state index contributed by atoms with van der Waals surface area (Å²) in [5, 5.41) is 9.77. The van der Waals surface area contributed by atoms with Gasteiger partial charge in [-0.1, -0.05) is 5.56 Å². The van der Waals surface area contributed by atoms with E-state index >= 15 is 0 Å². The molecule has 0 amide bonds. The van der Waals surface area contributed by atoms with Crippen LogP contribution in [-0.2, 0) is 0 Å². The van der Waals surface area contributed by atoms with Crippen LogP contribution in [0.2, 0.25) is 5.28 Å². The summed E-state index contributed by atoms with van der Waals surface area (Å²) in [6, 6.07) is 8.17. The first-order chi connectivity index (χ1) is 6.79. The first-order valence-corrected chi connectivity index (χ1v) is 4.93. The van der Waals surface area contributed by atoms with E-state index in [9.17, 15) is 0 Å². The third kappa shape index (κ3) is 3.42. The Hall–Kier alpha value is 0.376. The predicted molar refractivity (Wildman–Crippen MR) is 57.7 cm³/mol. The second-order valence-corrected chi connectivity index (χ2v) is 3.62. The number of hydrogen-bond donors (Lipinski definition) is 0. The average Bonchev–Trinajstić information content (AvgIpc) is 2.65. The zero-order valence-electron chi connectivity index (χ0n) is 7.94. The fraction of sp³-hybridized carbons (Fsp3) is 0. The van der Waals surface area contributed by atoms with Gasteiger partial charge >= 0.3 is 51.4 Å². The minimum Gasteiger partial charge on any atom is -0.862 e. The van der Waals surface area contributed by atoms with E-state index in [-0.39, 0.29) is 56.7 Å². The number of hydrogen-bond acceptors (Lipinski definition) is 3. The molecule has 15 heavy (non-hydrogen) atoms. The van der Waals surface area contributed by atoms with Gasteiger partial charge in [0.2, 0.25) is 5.28 Å². The van der Waals surface area contributed by atoms with Crippen molar-refractivity contribution in [1.82, 2.24) is 9.36 Å². The van der Waals surface area contributed by atoms with Crippen molar-refractivity contribution in [2.24, 2.45) is 0 Å². The molecule has 2 aromatic rings. The molecule has 70 valence electrons. The molecule has 3 nitrogen and oxygen atoms in total. The second-order valence-electron chi connectivity index (χ2n) is 2.53. The fourth-order valence-electron chi connectivity index (χ4n) is 1.02. The molecule has 6 heteroatoms. The molecule has 1 heterocycles. The summed E-state index contributed by atoms with van der Waals surface area (Å²) >= 11 is 6.83. The van der Waals surface area contributed by atoms with Crippen molar-refractivity contribution in [3.8, 4) is 10.6 Å². The molecule has 0 aliphatic carbocycles. The van der Waals surface area contributed by atoms with E-state index in [0.29, 0.717) is 5.56 Å². The Labute approximate surface area is 139 Å². The molecule has 0 unspecified atom stereocenters. The molecule has 0 saturated carbocycles. The van der Waals surface area contributed by atoms with Crippen molar-refractivity contribution in [2.75, 3.05) is 0 Å². The Morgan fingerprint density at radius 3 is 2.93 bits per heavy atom. The minimum atomic E-state index is 0. The van der Waals surface area contributed by atoms with E-state index in [1.165, 1.54) is 11.5 Å². The van der Waals surface area contributed by atoms with Crippen molar-refractivity contribution in [3.63, 3.8) is 0 Å². The molecular weight excluding hydrogens is 257 g/mol. The van der Waals surface area contributed by atoms with Crippen LogP contribution < -0.4 is 51.4 Å². The van der Waals surface area contributed by atoms with Crippen LogP contribution in [0, 0.1) is 6.07 Å². The van der Waals surface area contributed by atoms with Gasteiger partial charge in [0, 0.05) is 0 Å². The van der Waals surface area contributed by atoms with E-state index in [2.05, 4.69) is 15.4 Å². The monoisotopic (exact) mass is 260 g/mol. The van der Waals surface area contributed by atoms with E-state index in [0.717, 1.165) is 16.8 Å². The van der Waals surface area contributed by atoms with Crippen LogP contribution in [-0.4, -0.2) is 15.6 Å². The SMILES string of the molecule is [K+].[N-]=Cc1[c-]ccc(-c2nc(Cl)ns2)c1. The quantitative estimate of drug-likeness (QED) is 0.421. The molecule has 1 aromatic carbocycles. The van der Waals surface area contributed by atoms with Crippen molar-refractivity contribution < 1.29 is 51.4 Å². The Balaban J connectivity index is 0.00000112. The van der Waals surface area contributed by atoms with E-state index in [4.69, 9.17) is 17.0 Å². The summed E-state index contributed by atoms with van der Waals surface area (Å²) in [5.74, 6) is 0. The standard InChI is InChI=1S/C9H4ClN3S.K/c10-9-12-8(14-13-9)7-3-1-2-6(4-7)5-11;/h1,3-5H;/q-2;+1. The Kier molecular flexibility index (Phi) is 5.55. The topological polar surface area (TPSA) is 48.1 Å². The van der Waals surface area contributed by atoms with Crippen LogP contribution in [0.4, 0.5) is 0 Å². The fourth-order valence-corrected chi connectivity index (χ4v) is 1.82. The minimum absolute atomic E-state index is 0. The predicted octanol–water partition coefficient (Wildman–Crippen LogP) is -0.349. The van der Waals surface area contributed by atoms with Crippen LogP contribution >= 0.6 is 23.1 Å². The summed E-state index contributed by atoms with van der Waals surface area (Å²) in [5.41, 5.74) is 1.47. The molecule has 0 fully saturated rings. The molecular formula is C9H4ClKN3S-. The van der Waals surface area contributed by atoms with Crippen LogP contribution in [0.25, 0.3) is 16.0 Å². The molecule has 0 N–H and O–H groups in total. The first kappa shape index (κ1) is 13.4. The summed E-state index contributed by atoms with van der Waals surface area (Å²) in [4.78, 5) is 4.02. The number of benzene rings is 1. The van der Waals surface area contributed by atoms with E-state index < -0.39 is 0 Å². The van der Waals surface area contributed by atoms with Gasteiger partial charge in [-0.3, -0.25) is 6.21 Å². The van der Waals surface area contributed by atoms with E-state index in [1.807, 2.05) is 6.07 Å². The van der Waals surface area contributed by atoms with Gasteiger partial charge in [0.15, 0.2) is 0 Å². The molecule has 0 atom stereocenters. The van der Waals surface area contributed by atoms with Crippen LogP contribution in [0.3, 0.4) is 0 Å². The van der Waals surface area contributed by atoms with Crippen molar-refractivity contribution in [2.45, 2.75) is 0 Å². The molecule has 0 radical (unpaired) electrons. The van der Waals surface area contributed by atoms with Crippen molar-refractivity contribution in [1.29, 1.82) is 0 Å². The summed E-state index contributed by atoms with van der Waals surface area (Å²) in [6.45, 7) is 0. The Morgan fingerprint density at radius 1 is 1.53 bits per heavy atom. The first-order valence-electron chi connectivity index (χ1n) is 3.78. The van der Waals surface area contributed by atoms with Gasteiger partial charge in [0.05, 0.1) is 0 Å². The maximum atomic E-state index is 8.80. The van der Waals surface area contributed by atoms with Crippen molar-refractivity contribution in [3.05, 3.63) is 40.5 Å². The van der Waals surface area contributed by atoms with Crippen LogP contribution in [0.1, 0.15) is 5.56 Å². The Morgan fingerprint density at radius 2 is 2.33 bits per heavy atom. The summed E-state index contributed by atoms with van der Waals surface area (Å²) in [6.07, 6.45) is 0.992. The van der Waals surface area contributed by atoms with Gasteiger partial charge in [-0.15, -0.1) is 24.3 Å². The Bertz CT molecular complexity index is 472. The van der Waals surface area contributed by atoms with Gasteiger partial charge in [-0.2, -0.15) is 9.94 Å². The number of halogens is 1. The zero-order chi connectivity index (χ0) is 9.97. The summed E-state index contributed by atoms with van der Waals surface area (Å²) < 4.78 is 3.86. The molecule has 0 aliphatic rings. The average molecular weight is 261 g/mol. The molecule has 0 saturated heterocycles. The van der Waals surface area contributed by atoms with Gasteiger partial charge in [0.25, 0.3) is 0 Å². The van der Waals surface area contributed by atoms with Crippen LogP contribution in [0.15, 0.2) is 18.2 Å². The second kappa shape index (κ2) is 6.20. The molecule has 0 spiro atoms. The molecule has 0 bridgehead atoms.